The zero-order valence-electron chi connectivity index (χ0n) is 18.3. The monoisotopic (exact) mass is 470 g/mol. The van der Waals surface area contributed by atoms with Crippen LogP contribution in [0.1, 0.15) is 36.2 Å². The fourth-order valence-electron chi connectivity index (χ4n) is 4.34. The van der Waals surface area contributed by atoms with Gasteiger partial charge in [-0.15, -0.1) is 0 Å². The molecule has 1 aliphatic rings. The van der Waals surface area contributed by atoms with Crippen LogP contribution in [0.3, 0.4) is 0 Å². The number of benzene rings is 1. The van der Waals surface area contributed by atoms with Crippen LogP contribution in [-0.4, -0.2) is 44.6 Å². The number of nitrogens with one attached hydrogen (secondary N) is 1. The van der Waals surface area contributed by atoms with Gasteiger partial charge in [0.1, 0.15) is 18.4 Å². The summed E-state index contributed by atoms with van der Waals surface area (Å²) in [6.07, 6.45) is 5.39. The molecule has 2 amide bonds. The van der Waals surface area contributed by atoms with Crippen LogP contribution in [0.4, 0.5) is 4.39 Å². The van der Waals surface area contributed by atoms with Crippen molar-refractivity contribution in [3.8, 4) is 0 Å². The molecule has 2 atom stereocenters. The van der Waals surface area contributed by atoms with Gasteiger partial charge in [-0.05, 0) is 31.4 Å². The van der Waals surface area contributed by atoms with E-state index in [4.69, 9.17) is 11.6 Å². The average molecular weight is 471 g/mol. The van der Waals surface area contributed by atoms with Gasteiger partial charge in [0.15, 0.2) is 5.78 Å². The summed E-state index contributed by atoms with van der Waals surface area (Å²) in [6.45, 7) is 3.86. The first-order chi connectivity index (χ1) is 15.8. The SMILES string of the molecule is CC(=O)c1cn(CC(=O)N2C[C@@H](C)C[C@H]2C(=O)NCc2cccc(Cl)c2F)c2cnccc12. The number of rotatable bonds is 6. The molecular weight excluding hydrogens is 447 g/mol. The summed E-state index contributed by atoms with van der Waals surface area (Å²) in [5.74, 6) is -1.09. The van der Waals surface area contributed by atoms with Crippen LogP contribution in [0.2, 0.25) is 5.02 Å². The van der Waals surface area contributed by atoms with Crippen molar-refractivity contribution in [2.75, 3.05) is 6.54 Å². The lowest BCUT2D eigenvalue weighted by Gasteiger charge is -2.24. The summed E-state index contributed by atoms with van der Waals surface area (Å²) in [7, 11) is 0. The van der Waals surface area contributed by atoms with Crippen molar-refractivity contribution in [2.24, 2.45) is 5.92 Å². The smallest absolute Gasteiger partial charge is 0.243 e. The Bertz CT molecular complexity index is 1240. The van der Waals surface area contributed by atoms with Gasteiger partial charge in [0.2, 0.25) is 11.8 Å². The minimum atomic E-state index is -0.651. The van der Waals surface area contributed by atoms with Gasteiger partial charge < -0.3 is 14.8 Å². The van der Waals surface area contributed by atoms with Crippen LogP contribution in [0.25, 0.3) is 10.9 Å². The molecule has 3 aromatic rings. The first kappa shape index (κ1) is 22.9. The number of nitrogens with zero attached hydrogens (tertiary/aromatic N) is 3. The molecule has 1 aliphatic heterocycles. The number of hydrogen-bond donors (Lipinski definition) is 1. The minimum Gasteiger partial charge on any atom is -0.350 e. The van der Waals surface area contributed by atoms with Crippen LogP contribution in [-0.2, 0) is 22.7 Å². The summed E-state index contributed by atoms with van der Waals surface area (Å²) in [4.78, 5) is 43.8. The third-order valence-corrected chi connectivity index (χ3v) is 6.28. The van der Waals surface area contributed by atoms with E-state index in [0.717, 1.165) is 5.39 Å². The van der Waals surface area contributed by atoms with Crippen molar-refractivity contribution in [1.82, 2.24) is 19.8 Å². The number of pyridine rings is 1. The van der Waals surface area contributed by atoms with E-state index in [1.165, 1.54) is 13.0 Å². The van der Waals surface area contributed by atoms with E-state index in [1.807, 2.05) is 6.92 Å². The number of carbonyl (C=O) groups excluding carboxylic acids is 3. The first-order valence-electron chi connectivity index (χ1n) is 10.7. The lowest BCUT2D eigenvalue weighted by atomic mass is 10.1. The van der Waals surface area contributed by atoms with Crippen LogP contribution in [0.5, 0.6) is 0 Å². The van der Waals surface area contributed by atoms with Crippen molar-refractivity contribution < 1.29 is 18.8 Å². The number of fused-ring (bicyclic) bond motifs is 1. The highest BCUT2D eigenvalue weighted by atomic mass is 35.5. The van der Waals surface area contributed by atoms with E-state index < -0.39 is 11.9 Å². The van der Waals surface area contributed by atoms with Gasteiger partial charge in [0.25, 0.3) is 0 Å². The van der Waals surface area contributed by atoms with E-state index in [2.05, 4.69) is 10.3 Å². The van der Waals surface area contributed by atoms with Crippen molar-refractivity contribution >= 4 is 40.1 Å². The molecule has 7 nitrogen and oxygen atoms in total. The van der Waals surface area contributed by atoms with Gasteiger partial charge >= 0.3 is 0 Å². The molecule has 3 heterocycles. The molecule has 33 heavy (non-hydrogen) atoms. The van der Waals surface area contributed by atoms with Crippen LogP contribution < -0.4 is 5.32 Å². The molecule has 0 radical (unpaired) electrons. The lowest BCUT2D eigenvalue weighted by molar-refractivity contribution is -0.138. The molecule has 0 spiro atoms. The molecule has 2 aromatic heterocycles. The van der Waals surface area contributed by atoms with Crippen LogP contribution in [0, 0.1) is 11.7 Å². The van der Waals surface area contributed by atoms with Crippen molar-refractivity contribution in [2.45, 2.75) is 39.4 Å². The van der Waals surface area contributed by atoms with E-state index in [1.54, 1.807) is 46.3 Å². The number of aromatic nitrogens is 2. The van der Waals surface area contributed by atoms with Crippen molar-refractivity contribution in [3.63, 3.8) is 0 Å². The summed E-state index contributed by atoms with van der Waals surface area (Å²) in [5, 5.41) is 3.46. The van der Waals surface area contributed by atoms with Gasteiger partial charge in [-0.1, -0.05) is 30.7 Å². The Balaban J connectivity index is 1.50. The molecule has 0 aliphatic carbocycles. The third kappa shape index (κ3) is 4.61. The first-order valence-corrected chi connectivity index (χ1v) is 11.1. The van der Waals surface area contributed by atoms with Gasteiger partial charge in [-0.25, -0.2) is 4.39 Å². The minimum absolute atomic E-state index is 0.00795. The molecule has 1 fully saturated rings. The maximum atomic E-state index is 14.1. The maximum Gasteiger partial charge on any atom is 0.243 e. The number of ketones is 1. The zero-order valence-corrected chi connectivity index (χ0v) is 19.1. The van der Waals surface area contributed by atoms with E-state index in [0.29, 0.717) is 24.0 Å². The normalized spacial score (nSPS) is 18.0. The molecule has 0 unspecified atom stereocenters. The van der Waals surface area contributed by atoms with Crippen LogP contribution >= 0.6 is 11.6 Å². The topological polar surface area (TPSA) is 84.3 Å². The molecule has 1 aromatic carbocycles. The van der Waals surface area contributed by atoms with Gasteiger partial charge in [0, 0.05) is 42.0 Å². The third-order valence-electron chi connectivity index (χ3n) is 5.99. The van der Waals surface area contributed by atoms with Gasteiger partial charge in [0.05, 0.1) is 16.7 Å². The Hall–Kier alpha value is -3.26. The van der Waals surface area contributed by atoms with Gasteiger partial charge in [-0.2, -0.15) is 0 Å². The molecule has 9 heteroatoms. The number of likely N-dealkylation sites (tertiary alicyclic amines) is 1. The zero-order chi connectivity index (χ0) is 23.7. The standard InChI is InChI=1S/C24H24ClFN4O3/c1-14-8-20(24(33)28-9-16-4-3-5-19(25)23(16)26)30(11-14)22(32)13-29-12-18(15(2)31)17-6-7-27-10-21(17)29/h3-7,10,12,14,20H,8-9,11,13H2,1-2H3,(H,28,33)/t14-,20-/m0/s1. The Kier molecular flexibility index (Phi) is 6.47. The number of amides is 2. The maximum absolute atomic E-state index is 14.1. The summed E-state index contributed by atoms with van der Waals surface area (Å²) in [5.41, 5.74) is 1.48. The highest BCUT2D eigenvalue weighted by Gasteiger charge is 2.37. The Morgan fingerprint density at radius 2 is 2.06 bits per heavy atom. The molecule has 4 rings (SSSR count). The molecule has 172 valence electrons. The van der Waals surface area contributed by atoms with Gasteiger partial charge in [-0.3, -0.25) is 19.4 Å². The molecule has 1 saturated heterocycles. The number of halogens is 2. The van der Waals surface area contributed by atoms with Crippen molar-refractivity contribution in [3.05, 3.63) is 64.8 Å². The Morgan fingerprint density at radius 1 is 1.27 bits per heavy atom. The van der Waals surface area contributed by atoms with Crippen molar-refractivity contribution in [1.29, 1.82) is 0 Å². The predicted octanol–water partition coefficient (Wildman–Crippen LogP) is 3.58. The molecule has 1 N–H and O–H groups in total. The fraction of sp³-hybridized carbons (Fsp3) is 0.333. The summed E-state index contributed by atoms with van der Waals surface area (Å²) < 4.78 is 15.8. The van der Waals surface area contributed by atoms with E-state index in [9.17, 15) is 18.8 Å². The Labute approximate surface area is 195 Å². The Morgan fingerprint density at radius 3 is 2.82 bits per heavy atom. The number of hydrogen-bond acceptors (Lipinski definition) is 4. The van der Waals surface area contributed by atoms with Crippen LogP contribution in [0.15, 0.2) is 42.9 Å². The second-order valence-electron chi connectivity index (χ2n) is 8.45. The predicted molar refractivity (Wildman–Crippen MR) is 122 cm³/mol. The second-order valence-corrected chi connectivity index (χ2v) is 8.86. The summed E-state index contributed by atoms with van der Waals surface area (Å²) >= 11 is 5.81. The highest BCUT2D eigenvalue weighted by molar-refractivity contribution is 6.30. The highest BCUT2D eigenvalue weighted by Crippen LogP contribution is 2.26. The van der Waals surface area contributed by atoms with E-state index in [-0.39, 0.29) is 47.2 Å². The van der Waals surface area contributed by atoms with E-state index >= 15 is 0 Å². The number of carbonyl (C=O) groups is 3. The average Bonchev–Trinajstić information content (AvgIpc) is 3.36. The second kappa shape index (κ2) is 9.31. The molecule has 0 saturated carbocycles. The summed E-state index contributed by atoms with van der Waals surface area (Å²) in [6, 6.07) is 5.71. The lowest BCUT2D eigenvalue weighted by Crippen LogP contribution is -2.46. The molecule has 0 bridgehead atoms. The quantitative estimate of drug-likeness (QED) is 0.558. The molecular formula is C24H24ClFN4O3. The largest absolute Gasteiger partial charge is 0.350 e. The fourth-order valence-corrected chi connectivity index (χ4v) is 4.53. The number of Topliss-reactive ketones (excluding diaryl/α,β-unsaturated/α-hetero) is 1.